The maximum Gasteiger partial charge on any atom is 0.282 e. The first-order valence-corrected chi connectivity index (χ1v) is 8.85. The largest absolute Gasteiger partial charge is 0.339 e. The van der Waals surface area contributed by atoms with E-state index in [-0.39, 0.29) is 11.6 Å². The number of alkyl halides is 2. The smallest absolute Gasteiger partial charge is 0.282 e. The van der Waals surface area contributed by atoms with Crippen molar-refractivity contribution in [2.24, 2.45) is 7.05 Å². The minimum atomic E-state index is -2.75. The first-order chi connectivity index (χ1) is 13.4. The van der Waals surface area contributed by atoms with Crippen LogP contribution in [0.1, 0.15) is 65.9 Å². The van der Waals surface area contributed by atoms with Crippen LogP contribution in [0.2, 0.25) is 0 Å². The van der Waals surface area contributed by atoms with E-state index < -0.39 is 24.1 Å². The van der Waals surface area contributed by atoms with Crippen LogP contribution in [0.15, 0.2) is 28.9 Å². The Hall–Kier alpha value is -3.17. The summed E-state index contributed by atoms with van der Waals surface area (Å²) < 4.78 is 31.9. The summed E-state index contributed by atoms with van der Waals surface area (Å²) >= 11 is 0. The van der Waals surface area contributed by atoms with E-state index in [2.05, 4.69) is 25.5 Å². The predicted octanol–water partition coefficient (Wildman–Crippen LogP) is 3.17. The Kier molecular flexibility index (Phi) is 4.62. The molecule has 3 aromatic heterocycles. The topological polar surface area (TPSA) is 98.7 Å². The molecule has 4 rings (SSSR count). The van der Waals surface area contributed by atoms with Crippen LogP contribution in [-0.4, -0.2) is 30.8 Å². The number of rotatable bonds is 6. The van der Waals surface area contributed by atoms with Gasteiger partial charge in [-0.3, -0.25) is 14.5 Å². The minimum Gasteiger partial charge on any atom is -0.339 e. The Morgan fingerprint density at radius 3 is 2.82 bits per heavy atom. The van der Waals surface area contributed by atoms with Gasteiger partial charge in [0, 0.05) is 30.4 Å². The highest BCUT2D eigenvalue weighted by Gasteiger charge is 2.26. The van der Waals surface area contributed by atoms with Crippen LogP contribution in [0.3, 0.4) is 0 Å². The van der Waals surface area contributed by atoms with Crippen molar-refractivity contribution in [3.8, 4) is 11.4 Å². The summed E-state index contributed by atoms with van der Waals surface area (Å²) in [6, 6.07) is 4.19. The highest BCUT2D eigenvalue weighted by molar-refractivity contribution is 5.92. The fourth-order valence-electron chi connectivity index (χ4n) is 2.86. The molecule has 0 spiro atoms. The van der Waals surface area contributed by atoms with Gasteiger partial charge in [-0.1, -0.05) is 5.16 Å². The second-order valence-electron chi connectivity index (χ2n) is 6.77. The van der Waals surface area contributed by atoms with Gasteiger partial charge in [-0.05, 0) is 38.0 Å². The molecule has 146 valence electrons. The molecule has 1 N–H and O–H groups in total. The van der Waals surface area contributed by atoms with Gasteiger partial charge in [0.25, 0.3) is 12.3 Å². The maximum absolute atomic E-state index is 12.8. The molecule has 1 amide bonds. The van der Waals surface area contributed by atoms with Crippen LogP contribution in [0.25, 0.3) is 11.4 Å². The summed E-state index contributed by atoms with van der Waals surface area (Å²) in [6.07, 6.45) is 1.24. The van der Waals surface area contributed by atoms with Crippen LogP contribution >= 0.6 is 0 Å². The zero-order valence-electron chi connectivity index (χ0n) is 15.3. The van der Waals surface area contributed by atoms with E-state index in [0.29, 0.717) is 11.7 Å². The van der Waals surface area contributed by atoms with Gasteiger partial charge >= 0.3 is 0 Å². The number of hydrogen-bond donors (Lipinski definition) is 1. The van der Waals surface area contributed by atoms with Crippen molar-refractivity contribution in [3.05, 3.63) is 47.4 Å². The number of hydrogen-bond acceptors (Lipinski definition) is 6. The molecule has 3 aromatic rings. The highest BCUT2D eigenvalue weighted by Crippen LogP contribution is 2.39. The van der Waals surface area contributed by atoms with Gasteiger partial charge in [0.15, 0.2) is 0 Å². The molecule has 1 fully saturated rings. The molecule has 1 aliphatic carbocycles. The fourth-order valence-corrected chi connectivity index (χ4v) is 2.86. The summed E-state index contributed by atoms with van der Waals surface area (Å²) in [4.78, 5) is 21.1. The number of nitrogens with zero attached hydrogens (tertiary/aromatic N) is 5. The average molecular weight is 388 g/mol. The quantitative estimate of drug-likeness (QED) is 0.696. The Balaban J connectivity index is 1.48. The highest BCUT2D eigenvalue weighted by atomic mass is 19.3. The summed E-state index contributed by atoms with van der Waals surface area (Å²) in [5, 5.41) is 10.3. The van der Waals surface area contributed by atoms with Gasteiger partial charge in [0.2, 0.25) is 11.7 Å². The molecular weight excluding hydrogens is 370 g/mol. The Bertz CT molecular complexity index is 1010. The molecule has 0 aliphatic heterocycles. The summed E-state index contributed by atoms with van der Waals surface area (Å²) in [6.45, 7) is 1.67. The fraction of sp³-hybridized carbons (Fsp3) is 0.389. The first kappa shape index (κ1) is 18.2. The number of carbonyl (C=O) groups is 1. The number of halogens is 2. The molecule has 1 unspecified atom stereocenters. The summed E-state index contributed by atoms with van der Waals surface area (Å²) in [5.41, 5.74) is 1.37. The van der Waals surface area contributed by atoms with Gasteiger partial charge < -0.3 is 9.84 Å². The molecule has 0 saturated heterocycles. The molecule has 1 atom stereocenters. The predicted molar refractivity (Wildman–Crippen MR) is 93.6 cm³/mol. The lowest BCUT2D eigenvalue weighted by Crippen LogP contribution is -2.28. The molecule has 1 saturated carbocycles. The van der Waals surface area contributed by atoms with Crippen molar-refractivity contribution in [1.82, 2.24) is 30.2 Å². The Morgan fingerprint density at radius 1 is 1.36 bits per heavy atom. The van der Waals surface area contributed by atoms with Crippen molar-refractivity contribution in [3.63, 3.8) is 0 Å². The van der Waals surface area contributed by atoms with Gasteiger partial charge in [-0.2, -0.15) is 10.1 Å². The summed E-state index contributed by atoms with van der Waals surface area (Å²) in [7, 11) is 1.43. The minimum absolute atomic E-state index is 0.0186. The van der Waals surface area contributed by atoms with E-state index in [4.69, 9.17) is 4.52 Å². The van der Waals surface area contributed by atoms with Crippen molar-refractivity contribution in [1.29, 1.82) is 0 Å². The number of amides is 1. The van der Waals surface area contributed by atoms with Crippen LogP contribution in [-0.2, 0) is 7.05 Å². The number of carbonyl (C=O) groups excluding carboxylic acids is 1. The first-order valence-electron chi connectivity index (χ1n) is 8.85. The summed E-state index contributed by atoms with van der Waals surface area (Å²) in [5.74, 6) is 0.556. The number of aryl methyl sites for hydroxylation is 1. The molecule has 0 radical (unpaired) electrons. The molecular formula is C18H18F2N6O2. The lowest BCUT2D eigenvalue weighted by Gasteiger charge is -2.09. The average Bonchev–Trinajstić information content (AvgIpc) is 3.26. The van der Waals surface area contributed by atoms with Crippen molar-refractivity contribution < 1.29 is 18.1 Å². The third-order valence-corrected chi connectivity index (χ3v) is 4.55. The van der Waals surface area contributed by atoms with E-state index in [9.17, 15) is 13.6 Å². The molecule has 0 aromatic carbocycles. The number of nitrogens with one attached hydrogen (secondary N) is 1. The molecule has 1 aliphatic rings. The van der Waals surface area contributed by atoms with Gasteiger partial charge in [0.05, 0.1) is 0 Å². The van der Waals surface area contributed by atoms with E-state index in [0.717, 1.165) is 34.8 Å². The second kappa shape index (κ2) is 7.10. The second-order valence-corrected chi connectivity index (χ2v) is 6.77. The van der Waals surface area contributed by atoms with Crippen LogP contribution < -0.4 is 5.32 Å². The Labute approximate surface area is 159 Å². The van der Waals surface area contributed by atoms with Gasteiger partial charge in [0.1, 0.15) is 17.4 Å². The molecule has 8 nitrogen and oxygen atoms in total. The lowest BCUT2D eigenvalue weighted by atomic mass is 10.2. The Morgan fingerprint density at radius 2 is 2.14 bits per heavy atom. The van der Waals surface area contributed by atoms with Crippen molar-refractivity contribution in [2.75, 3.05) is 0 Å². The maximum atomic E-state index is 12.8. The molecule has 3 heterocycles. The van der Waals surface area contributed by atoms with E-state index >= 15 is 0 Å². The van der Waals surface area contributed by atoms with Gasteiger partial charge in [-0.15, -0.1) is 0 Å². The van der Waals surface area contributed by atoms with Crippen molar-refractivity contribution in [2.45, 2.75) is 38.2 Å². The zero-order chi connectivity index (χ0) is 19.8. The van der Waals surface area contributed by atoms with E-state index in [1.807, 2.05) is 6.07 Å². The molecule has 10 heteroatoms. The van der Waals surface area contributed by atoms with Crippen LogP contribution in [0, 0.1) is 0 Å². The van der Waals surface area contributed by atoms with E-state index in [1.165, 1.54) is 7.05 Å². The van der Waals surface area contributed by atoms with Crippen molar-refractivity contribution >= 4 is 5.91 Å². The van der Waals surface area contributed by atoms with E-state index in [1.54, 1.807) is 19.2 Å². The molecule has 0 bridgehead atoms. The zero-order valence-corrected chi connectivity index (χ0v) is 15.3. The lowest BCUT2D eigenvalue weighted by molar-refractivity contribution is 0.0923. The van der Waals surface area contributed by atoms with Crippen LogP contribution in [0.5, 0.6) is 0 Å². The monoisotopic (exact) mass is 388 g/mol. The third kappa shape index (κ3) is 3.62. The standard InChI is InChI=1S/C18H18F2N6O2/c1-9(22-17(27)14-8-13(15(19)20)24-26(14)2)18-23-16(25-28-18)11-5-6-21-12(7-11)10-3-4-10/h5-10,15H,3-4H2,1-2H3,(H,22,27). The SMILES string of the molecule is CC(NC(=O)c1cc(C(F)F)nn1C)c1nc(-c2ccnc(C3CC3)c2)no1. The number of aromatic nitrogens is 5. The van der Waals surface area contributed by atoms with Crippen LogP contribution in [0.4, 0.5) is 8.78 Å². The number of pyridine rings is 1. The normalized spacial score (nSPS) is 15.0. The molecule has 28 heavy (non-hydrogen) atoms. The van der Waals surface area contributed by atoms with Gasteiger partial charge in [-0.25, -0.2) is 8.78 Å². The third-order valence-electron chi connectivity index (χ3n) is 4.55.